The fourth-order valence-electron chi connectivity index (χ4n) is 2.65. The number of rotatable bonds is 10. The molecule has 0 spiro atoms. The van der Waals surface area contributed by atoms with E-state index in [0.29, 0.717) is 0 Å². The summed E-state index contributed by atoms with van der Waals surface area (Å²) in [6.45, 7) is -4.18. The number of para-hydroxylation sites is 1. The third kappa shape index (κ3) is 7.04. The molecule has 2 rings (SSSR count). The highest BCUT2D eigenvalue weighted by atomic mass is 32.2. The second-order valence-corrected chi connectivity index (χ2v) is 8.42. The van der Waals surface area contributed by atoms with Crippen molar-refractivity contribution >= 4 is 21.7 Å². The van der Waals surface area contributed by atoms with Gasteiger partial charge in [0, 0.05) is 17.7 Å². The van der Waals surface area contributed by atoms with Crippen LogP contribution in [-0.4, -0.2) is 45.2 Å². The lowest BCUT2D eigenvalue weighted by atomic mass is 10.2. The summed E-state index contributed by atoms with van der Waals surface area (Å²) in [6.07, 6.45) is 0. The van der Waals surface area contributed by atoms with Crippen LogP contribution in [0.4, 0.5) is 8.78 Å². The highest BCUT2D eigenvalue weighted by Gasteiger charge is 2.34. The van der Waals surface area contributed by atoms with Gasteiger partial charge < -0.3 is 15.4 Å². The molecule has 164 valence electrons. The number of hydrogen-bond acceptors (Lipinski definition) is 6. The number of carbonyl (C=O) groups excluding carboxylic acids is 2. The minimum atomic E-state index is -4.30. The molecular formula is C20H19F2N3O5S. The topological polar surface area (TPSA) is 125 Å². The second-order valence-electron chi connectivity index (χ2n) is 6.23. The van der Waals surface area contributed by atoms with Gasteiger partial charge in [-0.05, 0) is 18.2 Å². The van der Waals surface area contributed by atoms with Crippen LogP contribution in [-0.2, 0) is 20.4 Å². The molecule has 0 unspecified atom stereocenters. The van der Waals surface area contributed by atoms with E-state index >= 15 is 0 Å². The summed E-state index contributed by atoms with van der Waals surface area (Å²) in [5, 5.41) is 11.4. The summed E-state index contributed by atoms with van der Waals surface area (Å²) in [4.78, 5) is 24.7. The maximum atomic E-state index is 13.0. The lowest BCUT2D eigenvalue weighted by Crippen LogP contribution is -2.47. The normalized spacial score (nSPS) is 11.9. The Balaban J connectivity index is 2.25. The number of nitrogens with one attached hydrogen (secondary N) is 2. The number of nitriles is 1. The van der Waals surface area contributed by atoms with E-state index in [1.54, 1.807) is 24.3 Å². The Morgan fingerprint density at radius 1 is 1.03 bits per heavy atom. The van der Waals surface area contributed by atoms with Gasteiger partial charge in [0.15, 0.2) is 15.1 Å². The Kier molecular flexibility index (Phi) is 8.45. The van der Waals surface area contributed by atoms with E-state index in [4.69, 9.17) is 5.26 Å². The predicted octanol–water partition coefficient (Wildman–Crippen LogP) is 1.64. The van der Waals surface area contributed by atoms with Crippen molar-refractivity contribution in [1.29, 1.82) is 5.26 Å². The van der Waals surface area contributed by atoms with Crippen molar-refractivity contribution < 1.29 is 31.5 Å². The van der Waals surface area contributed by atoms with Gasteiger partial charge in [0.2, 0.25) is 5.91 Å². The van der Waals surface area contributed by atoms with Crippen LogP contribution in [0, 0.1) is 11.3 Å². The zero-order chi connectivity index (χ0) is 22.9. The fraction of sp³-hybridized carbons (Fsp3) is 0.250. The quantitative estimate of drug-likeness (QED) is 0.529. The molecule has 2 amide bonds. The van der Waals surface area contributed by atoms with Crippen LogP contribution in [0.25, 0.3) is 0 Å². The van der Waals surface area contributed by atoms with Crippen molar-refractivity contribution in [3.8, 4) is 11.8 Å². The molecule has 2 aromatic carbocycles. The molecule has 0 aliphatic rings. The minimum Gasteiger partial charge on any atom is -0.435 e. The van der Waals surface area contributed by atoms with E-state index in [1.807, 2.05) is 0 Å². The van der Waals surface area contributed by atoms with Gasteiger partial charge in [-0.3, -0.25) is 9.59 Å². The summed E-state index contributed by atoms with van der Waals surface area (Å²) >= 11 is 0. The fourth-order valence-corrected chi connectivity index (χ4v) is 4.27. The van der Waals surface area contributed by atoms with Crippen LogP contribution in [0.15, 0.2) is 54.6 Å². The number of ether oxygens (including phenoxy) is 1. The Labute approximate surface area is 177 Å². The predicted molar refractivity (Wildman–Crippen MR) is 107 cm³/mol. The Hall–Kier alpha value is -3.52. The van der Waals surface area contributed by atoms with Gasteiger partial charge in [0.25, 0.3) is 5.91 Å². The number of sulfone groups is 1. The largest absolute Gasteiger partial charge is 0.435 e. The first-order chi connectivity index (χ1) is 14.7. The van der Waals surface area contributed by atoms with Gasteiger partial charge >= 0.3 is 6.61 Å². The Bertz CT molecular complexity index is 1060. The number of halogens is 2. The molecule has 0 bridgehead atoms. The average molecular weight is 451 g/mol. The summed E-state index contributed by atoms with van der Waals surface area (Å²) < 4.78 is 55.5. The Morgan fingerprint density at radius 2 is 1.68 bits per heavy atom. The van der Waals surface area contributed by atoms with E-state index in [0.717, 1.165) is 0 Å². The molecule has 0 saturated carbocycles. The van der Waals surface area contributed by atoms with E-state index < -0.39 is 52.4 Å². The van der Waals surface area contributed by atoms with Gasteiger partial charge in [0.1, 0.15) is 12.3 Å². The first kappa shape index (κ1) is 23.8. The minimum absolute atomic E-state index is 0.0738. The third-order valence-electron chi connectivity index (χ3n) is 4.10. The van der Waals surface area contributed by atoms with Crippen LogP contribution >= 0.6 is 0 Å². The zero-order valence-electron chi connectivity index (χ0n) is 16.1. The Morgan fingerprint density at radius 3 is 2.32 bits per heavy atom. The molecule has 8 nitrogen and oxygen atoms in total. The molecule has 0 aliphatic heterocycles. The molecule has 0 radical (unpaired) electrons. The van der Waals surface area contributed by atoms with E-state index in [1.165, 1.54) is 36.4 Å². The van der Waals surface area contributed by atoms with Crippen LogP contribution in [0.5, 0.6) is 5.75 Å². The van der Waals surface area contributed by atoms with Crippen molar-refractivity contribution in [2.75, 3.05) is 13.1 Å². The zero-order valence-corrected chi connectivity index (χ0v) is 16.9. The monoisotopic (exact) mass is 451 g/mol. The van der Waals surface area contributed by atoms with Crippen molar-refractivity contribution in [2.45, 2.75) is 17.6 Å². The lowest BCUT2D eigenvalue weighted by molar-refractivity contribution is -0.120. The molecule has 0 aromatic heterocycles. The number of alkyl halides is 2. The van der Waals surface area contributed by atoms with Crippen LogP contribution in [0.1, 0.15) is 15.9 Å². The molecule has 0 saturated heterocycles. The van der Waals surface area contributed by atoms with E-state index in [-0.39, 0.29) is 16.9 Å². The summed E-state index contributed by atoms with van der Waals surface area (Å²) in [5.74, 6) is -2.73. The van der Waals surface area contributed by atoms with Gasteiger partial charge in [-0.2, -0.15) is 14.0 Å². The number of amides is 2. The SMILES string of the molecule is N#CCNC(=O)[C@@H](CNC(=O)c1ccccc1)S(=O)(=O)Cc1ccccc1OC(F)F. The lowest BCUT2D eigenvalue weighted by Gasteiger charge is -2.18. The number of benzene rings is 2. The smallest absolute Gasteiger partial charge is 0.387 e. The summed E-state index contributed by atoms with van der Waals surface area (Å²) in [6, 6.07) is 14.9. The second kappa shape index (κ2) is 11.0. The number of nitrogens with zero attached hydrogens (tertiary/aromatic N) is 1. The van der Waals surface area contributed by atoms with Crippen molar-refractivity contribution in [3.63, 3.8) is 0 Å². The maximum Gasteiger partial charge on any atom is 0.387 e. The summed E-state index contributed by atoms with van der Waals surface area (Å²) in [5.41, 5.74) is 0.182. The molecule has 2 aromatic rings. The molecule has 2 N–H and O–H groups in total. The number of carbonyl (C=O) groups is 2. The van der Waals surface area contributed by atoms with Crippen molar-refractivity contribution in [2.24, 2.45) is 0 Å². The van der Waals surface area contributed by atoms with Crippen LogP contribution in [0.2, 0.25) is 0 Å². The van der Waals surface area contributed by atoms with Gasteiger partial charge in [-0.1, -0.05) is 36.4 Å². The molecule has 0 heterocycles. The van der Waals surface area contributed by atoms with Gasteiger partial charge in [0.05, 0.1) is 11.8 Å². The van der Waals surface area contributed by atoms with Crippen molar-refractivity contribution in [1.82, 2.24) is 10.6 Å². The third-order valence-corrected chi connectivity index (χ3v) is 6.06. The van der Waals surface area contributed by atoms with Gasteiger partial charge in [-0.25, -0.2) is 8.42 Å². The molecule has 0 fully saturated rings. The first-order valence-corrected chi connectivity index (χ1v) is 10.7. The van der Waals surface area contributed by atoms with E-state index in [9.17, 15) is 26.8 Å². The first-order valence-electron chi connectivity index (χ1n) is 8.96. The average Bonchev–Trinajstić information content (AvgIpc) is 2.73. The molecule has 0 aliphatic carbocycles. The molecule has 31 heavy (non-hydrogen) atoms. The summed E-state index contributed by atoms with van der Waals surface area (Å²) in [7, 11) is -4.30. The van der Waals surface area contributed by atoms with Crippen LogP contribution in [0.3, 0.4) is 0 Å². The molecular weight excluding hydrogens is 432 g/mol. The highest BCUT2D eigenvalue weighted by Crippen LogP contribution is 2.24. The van der Waals surface area contributed by atoms with E-state index in [2.05, 4.69) is 15.4 Å². The molecule has 11 heteroatoms. The van der Waals surface area contributed by atoms with Gasteiger partial charge in [-0.15, -0.1) is 0 Å². The maximum absolute atomic E-state index is 13.0. The molecule has 1 atom stereocenters. The standard InChI is InChI=1S/C20H19F2N3O5S/c21-20(22)30-16-9-5-4-8-15(16)13-31(28,29)17(19(27)24-11-10-23)12-25-18(26)14-6-2-1-3-7-14/h1-9,17,20H,11-13H2,(H,24,27)(H,25,26)/t17-/m1/s1. The van der Waals surface area contributed by atoms with Crippen LogP contribution < -0.4 is 15.4 Å². The van der Waals surface area contributed by atoms with Crippen molar-refractivity contribution in [3.05, 3.63) is 65.7 Å². The number of hydrogen-bond donors (Lipinski definition) is 2. The highest BCUT2D eigenvalue weighted by molar-refractivity contribution is 7.92.